The van der Waals surface area contributed by atoms with Gasteiger partial charge in [0.1, 0.15) is 0 Å². The Hall–Kier alpha value is -2.44. The van der Waals surface area contributed by atoms with Gasteiger partial charge in [0.15, 0.2) is 11.5 Å². The van der Waals surface area contributed by atoms with Crippen LogP contribution in [-0.2, 0) is 16.1 Å². The molecule has 0 radical (unpaired) electrons. The second kappa shape index (κ2) is 7.29. The fourth-order valence-electron chi connectivity index (χ4n) is 3.23. The number of carbonyl (C=O) groups excluding carboxylic acids is 2. The lowest BCUT2D eigenvalue weighted by Crippen LogP contribution is -2.28. The molecule has 27 heavy (non-hydrogen) atoms. The molecule has 140 valence electrons. The van der Waals surface area contributed by atoms with E-state index in [1.807, 2.05) is 18.2 Å². The topological polar surface area (TPSA) is 67.9 Å². The molecule has 4 rings (SSSR count). The lowest BCUT2D eigenvalue weighted by molar-refractivity contribution is -0.128. The molecule has 8 heteroatoms. The smallest absolute Gasteiger partial charge is 0.231 e. The molecular formula is C19H16Cl2N2O4. The fraction of sp³-hybridized carbons (Fsp3) is 0.263. The standard InChI is InChI=1S/C19H16Cl2N2O4/c20-13-5-14(21)7-15(6-13)22-19(25)12-4-18(24)23(9-12)8-11-1-2-16-17(3-11)27-10-26-16/h1-3,5-7,12H,4,8-10H2,(H,22,25). The van der Waals surface area contributed by atoms with E-state index in [0.717, 1.165) is 5.56 Å². The number of benzene rings is 2. The van der Waals surface area contributed by atoms with Crippen molar-refractivity contribution in [3.8, 4) is 11.5 Å². The third-order valence-corrected chi connectivity index (χ3v) is 4.96. The number of nitrogens with zero attached hydrogens (tertiary/aromatic N) is 1. The first-order chi connectivity index (χ1) is 13.0. The van der Waals surface area contributed by atoms with Crippen LogP contribution in [0, 0.1) is 5.92 Å². The average molecular weight is 407 g/mol. The van der Waals surface area contributed by atoms with Gasteiger partial charge in [-0.3, -0.25) is 9.59 Å². The minimum Gasteiger partial charge on any atom is -0.454 e. The minimum atomic E-state index is -0.427. The lowest BCUT2D eigenvalue weighted by atomic mass is 10.1. The quantitative estimate of drug-likeness (QED) is 0.839. The molecule has 2 aromatic carbocycles. The predicted molar refractivity (Wildman–Crippen MR) is 101 cm³/mol. The third-order valence-electron chi connectivity index (χ3n) is 4.53. The maximum Gasteiger partial charge on any atom is 0.231 e. The summed E-state index contributed by atoms with van der Waals surface area (Å²) in [6.07, 6.45) is 0.171. The van der Waals surface area contributed by atoms with Crippen molar-refractivity contribution in [2.45, 2.75) is 13.0 Å². The number of nitrogens with one attached hydrogen (secondary N) is 1. The molecule has 0 saturated carbocycles. The lowest BCUT2D eigenvalue weighted by Gasteiger charge is -2.17. The Morgan fingerprint density at radius 2 is 1.85 bits per heavy atom. The van der Waals surface area contributed by atoms with Crippen LogP contribution in [0.15, 0.2) is 36.4 Å². The van der Waals surface area contributed by atoms with Gasteiger partial charge in [-0.1, -0.05) is 29.3 Å². The van der Waals surface area contributed by atoms with Gasteiger partial charge < -0.3 is 19.7 Å². The zero-order chi connectivity index (χ0) is 19.0. The molecule has 2 amide bonds. The number of amides is 2. The molecule has 1 fully saturated rings. The normalized spacial score (nSPS) is 18.1. The summed E-state index contributed by atoms with van der Waals surface area (Å²) < 4.78 is 10.7. The van der Waals surface area contributed by atoms with Gasteiger partial charge in [-0.2, -0.15) is 0 Å². The number of rotatable bonds is 4. The highest BCUT2D eigenvalue weighted by molar-refractivity contribution is 6.35. The molecule has 1 unspecified atom stereocenters. The SMILES string of the molecule is O=C(Nc1cc(Cl)cc(Cl)c1)C1CC(=O)N(Cc2ccc3c(c2)OCO3)C1. The maximum absolute atomic E-state index is 12.5. The molecule has 1 N–H and O–H groups in total. The van der Waals surface area contributed by atoms with E-state index in [1.54, 1.807) is 23.1 Å². The Morgan fingerprint density at radius 3 is 2.63 bits per heavy atom. The fourth-order valence-corrected chi connectivity index (χ4v) is 3.76. The molecule has 2 heterocycles. The number of carbonyl (C=O) groups is 2. The summed E-state index contributed by atoms with van der Waals surface area (Å²) in [7, 11) is 0. The number of likely N-dealkylation sites (tertiary alicyclic amines) is 1. The molecule has 6 nitrogen and oxygen atoms in total. The minimum absolute atomic E-state index is 0.0584. The van der Waals surface area contributed by atoms with Crippen LogP contribution in [0.1, 0.15) is 12.0 Å². The summed E-state index contributed by atoms with van der Waals surface area (Å²) in [5.74, 6) is 0.659. The average Bonchev–Trinajstić information content (AvgIpc) is 3.20. The van der Waals surface area contributed by atoms with Crippen LogP contribution in [-0.4, -0.2) is 30.1 Å². The van der Waals surface area contributed by atoms with Crippen molar-refractivity contribution in [3.63, 3.8) is 0 Å². The van der Waals surface area contributed by atoms with Gasteiger partial charge in [0, 0.05) is 35.2 Å². The Morgan fingerprint density at radius 1 is 1.11 bits per heavy atom. The van der Waals surface area contributed by atoms with Crippen LogP contribution >= 0.6 is 23.2 Å². The maximum atomic E-state index is 12.5. The molecule has 1 atom stereocenters. The number of ether oxygens (including phenoxy) is 2. The van der Waals surface area contributed by atoms with Crippen molar-refractivity contribution >= 4 is 40.7 Å². The highest BCUT2D eigenvalue weighted by Crippen LogP contribution is 2.33. The van der Waals surface area contributed by atoms with Crippen molar-refractivity contribution < 1.29 is 19.1 Å². The predicted octanol–water partition coefficient (Wildman–Crippen LogP) is 3.71. The van der Waals surface area contributed by atoms with E-state index in [9.17, 15) is 9.59 Å². The van der Waals surface area contributed by atoms with Crippen molar-refractivity contribution in [3.05, 3.63) is 52.0 Å². The van der Waals surface area contributed by atoms with E-state index in [1.165, 1.54) is 0 Å². The van der Waals surface area contributed by atoms with Crippen LogP contribution in [0.2, 0.25) is 10.0 Å². The molecule has 0 spiro atoms. The van der Waals surface area contributed by atoms with E-state index in [2.05, 4.69) is 5.32 Å². The summed E-state index contributed by atoms with van der Waals surface area (Å²) in [6, 6.07) is 10.4. The largest absolute Gasteiger partial charge is 0.454 e. The van der Waals surface area contributed by atoms with E-state index in [0.29, 0.717) is 40.3 Å². The first kappa shape index (κ1) is 17.9. The van der Waals surface area contributed by atoms with Gasteiger partial charge in [-0.25, -0.2) is 0 Å². The number of anilines is 1. The third kappa shape index (κ3) is 3.96. The highest BCUT2D eigenvalue weighted by atomic mass is 35.5. The van der Waals surface area contributed by atoms with Crippen molar-refractivity contribution in [2.75, 3.05) is 18.7 Å². The zero-order valence-corrected chi connectivity index (χ0v) is 15.7. The Bertz CT molecular complexity index is 898. The van der Waals surface area contributed by atoms with E-state index in [-0.39, 0.29) is 25.0 Å². The van der Waals surface area contributed by atoms with E-state index >= 15 is 0 Å². The molecule has 1 saturated heterocycles. The molecule has 2 aliphatic heterocycles. The summed E-state index contributed by atoms with van der Waals surface area (Å²) in [5.41, 5.74) is 1.44. The summed E-state index contributed by atoms with van der Waals surface area (Å²) in [6.45, 7) is 0.979. The molecule has 2 aliphatic rings. The second-order valence-corrected chi connectivity index (χ2v) is 7.38. The van der Waals surface area contributed by atoms with E-state index in [4.69, 9.17) is 32.7 Å². The van der Waals surface area contributed by atoms with Crippen LogP contribution in [0.25, 0.3) is 0 Å². The van der Waals surface area contributed by atoms with Gasteiger partial charge >= 0.3 is 0 Å². The number of halogens is 2. The van der Waals surface area contributed by atoms with Crippen molar-refractivity contribution in [2.24, 2.45) is 5.92 Å². The number of hydrogen-bond donors (Lipinski definition) is 1. The number of fused-ring (bicyclic) bond motifs is 1. The number of hydrogen-bond acceptors (Lipinski definition) is 4. The zero-order valence-electron chi connectivity index (χ0n) is 14.2. The first-order valence-corrected chi connectivity index (χ1v) is 9.17. The van der Waals surface area contributed by atoms with Crippen LogP contribution in [0.4, 0.5) is 5.69 Å². The van der Waals surface area contributed by atoms with Gasteiger partial charge in [0.25, 0.3) is 0 Å². The molecule has 0 bridgehead atoms. The second-order valence-electron chi connectivity index (χ2n) is 6.51. The molecule has 2 aromatic rings. The van der Waals surface area contributed by atoms with Crippen LogP contribution in [0.5, 0.6) is 11.5 Å². The van der Waals surface area contributed by atoms with Gasteiger partial charge in [0.05, 0.1) is 5.92 Å². The van der Waals surface area contributed by atoms with Crippen molar-refractivity contribution in [1.29, 1.82) is 0 Å². The molecule has 0 aromatic heterocycles. The molecule has 0 aliphatic carbocycles. The van der Waals surface area contributed by atoms with E-state index < -0.39 is 5.92 Å². The first-order valence-electron chi connectivity index (χ1n) is 8.41. The van der Waals surface area contributed by atoms with Crippen LogP contribution in [0.3, 0.4) is 0 Å². The van der Waals surface area contributed by atoms with Crippen LogP contribution < -0.4 is 14.8 Å². The molecular weight excluding hydrogens is 391 g/mol. The van der Waals surface area contributed by atoms with Gasteiger partial charge in [-0.05, 0) is 35.9 Å². The summed E-state index contributed by atoms with van der Waals surface area (Å²) in [4.78, 5) is 26.5. The Labute approximate surface area is 165 Å². The summed E-state index contributed by atoms with van der Waals surface area (Å²) >= 11 is 11.9. The van der Waals surface area contributed by atoms with Crippen molar-refractivity contribution in [1.82, 2.24) is 4.90 Å². The van der Waals surface area contributed by atoms with Gasteiger partial charge in [0.2, 0.25) is 18.6 Å². The highest BCUT2D eigenvalue weighted by Gasteiger charge is 2.34. The Kier molecular flexibility index (Phi) is 4.85. The monoisotopic (exact) mass is 406 g/mol. The Balaban J connectivity index is 1.40. The summed E-state index contributed by atoms with van der Waals surface area (Å²) in [5, 5.41) is 3.65. The van der Waals surface area contributed by atoms with Gasteiger partial charge in [-0.15, -0.1) is 0 Å².